The van der Waals surface area contributed by atoms with Gasteiger partial charge in [0.05, 0.1) is 17.2 Å². The molecule has 1 aliphatic rings. The molecular formula is C25H26ClF2N2O3PS. The van der Waals surface area contributed by atoms with E-state index < -0.39 is 21.4 Å². The number of benzene rings is 2. The number of aromatic nitrogens is 1. The molecule has 0 spiro atoms. The SMILES string of the molecule is CN(C(=O)c1c(-c2ccc(Cl)cc2)cc(C(F)(F)P)n1Cc1ccccc1)C1CCS(=O)(=O)CC1. The average molecular weight is 539 g/mol. The third-order valence-corrected chi connectivity index (χ3v) is 8.64. The van der Waals surface area contributed by atoms with Crippen LogP contribution < -0.4 is 0 Å². The molecule has 0 N–H and O–H groups in total. The lowest BCUT2D eigenvalue weighted by atomic mass is 10.0. The van der Waals surface area contributed by atoms with Crippen LogP contribution in [0.2, 0.25) is 5.02 Å². The van der Waals surface area contributed by atoms with Crippen molar-refractivity contribution in [3.63, 3.8) is 0 Å². The second-order valence-electron chi connectivity index (χ2n) is 8.79. The molecule has 0 radical (unpaired) electrons. The predicted molar refractivity (Wildman–Crippen MR) is 138 cm³/mol. The summed E-state index contributed by atoms with van der Waals surface area (Å²) in [5.74, 6) is -0.436. The first kappa shape index (κ1) is 25.8. The maximum Gasteiger partial charge on any atom is 0.298 e. The van der Waals surface area contributed by atoms with Gasteiger partial charge in [-0.1, -0.05) is 63.3 Å². The summed E-state index contributed by atoms with van der Waals surface area (Å²) >= 11 is 6.04. The smallest absolute Gasteiger partial charge is 0.298 e. The summed E-state index contributed by atoms with van der Waals surface area (Å²) in [7, 11) is 0.0517. The summed E-state index contributed by atoms with van der Waals surface area (Å²) in [6, 6.07) is 16.8. The minimum atomic E-state index is -3.29. The first-order valence-electron chi connectivity index (χ1n) is 11.1. The van der Waals surface area contributed by atoms with Crippen molar-refractivity contribution in [3.05, 3.63) is 82.6 Å². The van der Waals surface area contributed by atoms with E-state index in [4.69, 9.17) is 11.6 Å². The summed E-state index contributed by atoms with van der Waals surface area (Å²) in [5.41, 5.74) is -1.74. The molecule has 1 atom stereocenters. The van der Waals surface area contributed by atoms with Gasteiger partial charge in [-0.2, -0.15) is 8.78 Å². The van der Waals surface area contributed by atoms with Crippen LogP contribution in [0.25, 0.3) is 11.1 Å². The Morgan fingerprint density at radius 3 is 2.29 bits per heavy atom. The van der Waals surface area contributed by atoms with Crippen molar-refractivity contribution in [1.82, 2.24) is 9.47 Å². The van der Waals surface area contributed by atoms with Crippen molar-refractivity contribution in [2.24, 2.45) is 0 Å². The molecule has 1 aromatic heterocycles. The normalized spacial score (nSPS) is 16.3. The molecule has 1 fully saturated rings. The molecule has 1 aliphatic heterocycles. The topological polar surface area (TPSA) is 59.4 Å². The number of nitrogens with zero attached hydrogens (tertiary/aromatic N) is 2. The molecular weight excluding hydrogens is 513 g/mol. The largest absolute Gasteiger partial charge is 0.337 e. The van der Waals surface area contributed by atoms with Crippen LogP contribution in [0.15, 0.2) is 60.7 Å². The first-order valence-corrected chi connectivity index (χ1v) is 13.9. The Bertz CT molecular complexity index is 1310. The second kappa shape index (κ2) is 10.00. The number of rotatable bonds is 6. The molecule has 2 aromatic carbocycles. The van der Waals surface area contributed by atoms with Gasteiger partial charge in [0.25, 0.3) is 11.6 Å². The van der Waals surface area contributed by atoms with Crippen LogP contribution in [0, 0.1) is 0 Å². The standard InChI is InChI=1S/C25H26ClF2N2O3PS/c1-29(20-11-13-35(32,33)14-12-20)24(31)23-21(18-7-9-19(26)10-8-18)15-22(25(27,28)34)30(23)16-17-5-3-2-4-6-17/h2-10,15,20H,11-14,16,34H2,1H3. The van der Waals surface area contributed by atoms with E-state index in [0.29, 0.717) is 29.0 Å². The Kier molecular flexibility index (Phi) is 7.37. The fourth-order valence-electron chi connectivity index (χ4n) is 4.43. The van der Waals surface area contributed by atoms with Gasteiger partial charge in [0, 0.05) is 30.2 Å². The Balaban J connectivity index is 1.85. The number of sulfone groups is 1. The van der Waals surface area contributed by atoms with E-state index in [1.165, 1.54) is 15.5 Å². The fraction of sp³-hybridized carbons (Fsp3) is 0.320. The Morgan fingerprint density at radius 1 is 1.11 bits per heavy atom. The van der Waals surface area contributed by atoms with Gasteiger partial charge in [0.15, 0.2) is 0 Å². The zero-order valence-electron chi connectivity index (χ0n) is 19.1. The van der Waals surface area contributed by atoms with E-state index in [2.05, 4.69) is 0 Å². The zero-order chi connectivity index (χ0) is 25.4. The molecule has 2 heterocycles. The number of carbonyl (C=O) groups excluding carboxylic acids is 1. The number of halogens is 3. The first-order chi connectivity index (χ1) is 16.5. The van der Waals surface area contributed by atoms with Crippen molar-refractivity contribution >= 4 is 36.6 Å². The van der Waals surface area contributed by atoms with Gasteiger partial charge >= 0.3 is 0 Å². The van der Waals surface area contributed by atoms with Gasteiger partial charge in [-0.3, -0.25) is 4.79 Å². The number of hydrogen-bond acceptors (Lipinski definition) is 3. The van der Waals surface area contributed by atoms with Crippen LogP contribution >= 0.6 is 20.8 Å². The van der Waals surface area contributed by atoms with E-state index >= 15 is 0 Å². The lowest BCUT2D eigenvalue weighted by Crippen LogP contribution is -2.43. The van der Waals surface area contributed by atoms with Crippen molar-refractivity contribution in [3.8, 4) is 11.1 Å². The number of hydrogen-bond donors (Lipinski definition) is 0. The van der Waals surface area contributed by atoms with E-state index in [1.54, 1.807) is 40.6 Å². The number of alkyl halides is 2. The molecule has 1 unspecified atom stereocenters. The lowest BCUT2D eigenvalue weighted by Gasteiger charge is -2.32. The molecule has 0 bridgehead atoms. The summed E-state index contributed by atoms with van der Waals surface area (Å²) in [5, 5.41) is 0.488. The van der Waals surface area contributed by atoms with Crippen molar-refractivity contribution in [2.75, 3.05) is 18.6 Å². The fourth-order valence-corrected chi connectivity index (χ4v) is 6.26. The minimum absolute atomic E-state index is 0.000718. The third kappa shape index (κ3) is 5.76. The molecule has 0 aliphatic carbocycles. The predicted octanol–water partition coefficient (Wildman–Crippen LogP) is 5.43. The molecule has 35 heavy (non-hydrogen) atoms. The third-order valence-electron chi connectivity index (χ3n) is 6.37. The number of amides is 1. The number of carbonyl (C=O) groups is 1. The summed E-state index contributed by atoms with van der Waals surface area (Å²) in [4.78, 5) is 15.4. The Hall–Kier alpha value is -2.28. The van der Waals surface area contributed by atoms with Crippen LogP contribution in [0.3, 0.4) is 0 Å². The molecule has 186 valence electrons. The van der Waals surface area contributed by atoms with Crippen molar-refractivity contribution < 1.29 is 22.0 Å². The Labute approximate surface area is 211 Å². The van der Waals surface area contributed by atoms with Gasteiger partial charge < -0.3 is 9.47 Å². The Morgan fingerprint density at radius 2 is 1.71 bits per heavy atom. The van der Waals surface area contributed by atoms with Gasteiger partial charge in [-0.05, 0) is 42.2 Å². The molecule has 3 aromatic rings. The highest BCUT2D eigenvalue weighted by Crippen LogP contribution is 2.41. The van der Waals surface area contributed by atoms with Crippen LogP contribution in [0.4, 0.5) is 8.78 Å². The van der Waals surface area contributed by atoms with Gasteiger partial charge in [0.1, 0.15) is 15.5 Å². The van der Waals surface area contributed by atoms with Crippen molar-refractivity contribution in [1.29, 1.82) is 0 Å². The average Bonchev–Trinajstić information content (AvgIpc) is 3.19. The van der Waals surface area contributed by atoms with Crippen LogP contribution in [-0.4, -0.2) is 48.4 Å². The molecule has 10 heteroatoms. The zero-order valence-corrected chi connectivity index (χ0v) is 21.9. The summed E-state index contributed by atoms with van der Waals surface area (Å²) in [6.45, 7) is 0.0711. The quantitative estimate of drug-likeness (QED) is 0.393. The van der Waals surface area contributed by atoms with E-state index in [9.17, 15) is 22.0 Å². The van der Waals surface area contributed by atoms with Gasteiger partial charge in [0.2, 0.25) is 0 Å². The van der Waals surface area contributed by atoms with E-state index in [0.717, 1.165) is 5.56 Å². The maximum atomic E-state index is 14.8. The molecule has 4 rings (SSSR count). The molecule has 1 saturated heterocycles. The molecule has 0 saturated carbocycles. The van der Waals surface area contributed by atoms with Crippen LogP contribution in [0.1, 0.15) is 34.6 Å². The lowest BCUT2D eigenvalue weighted by molar-refractivity contribution is 0.0704. The van der Waals surface area contributed by atoms with Crippen LogP contribution in [0.5, 0.6) is 0 Å². The molecule has 1 amide bonds. The van der Waals surface area contributed by atoms with E-state index in [-0.39, 0.29) is 35.5 Å². The summed E-state index contributed by atoms with van der Waals surface area (Å²) in [6.07, 6.45) is 0.625. The highest BCUT2D eigenvalue weighted by atomic mass is 35.5. The maximum absolute atomic E-state index is 14.8. The second-order valence-corrected chi connectivity index (χ2v) is 12.3. The van der Waals surface area contributed by atoms with Gasteiger partial charge in [-0.25, -0.2) is 8.42 Å². The minimum Gasteiger partial charge on any atom is -0.337 e. The van der Waals surface area contributed by atoms with Crippen molar-refractivity contribution in [2.45, 2.75) is 31.1 Å². The molecule has 5 nitrogen and oxygen atoms in total. The van der Waals surface area contributed by atoms with Gasteiger partial charge in [-0.15, -0.1) is 0 Å². The van der Waals surface area contributed by atoms with E-state index in [1.807, 2.05) is 30.3 Å². The summed E-state index contributed by atoms with van der Waals surface area (Å²) < 4.78 is 54.8. The highest BCUT2D eigenvalue weighted by Gasteiger charge is 2.37. The van der Waals surface area contributed by atoms with Crippen LogP contribution in [-0.2, 0) is 22.0 Å². The highest BCUT2D eigenvalue weighted by molar-refractivity contribution is 7.91. The monoisotopic (exact) mass is 538 g/mol.